The smallest absolute Gasteiger partial charge is 0 e. The molecular weight excluding hydrogens is 1300 g/mol. The Balaban J connectivity index is 0. The summed E-state index contributed by atoms with van der Waals surface area (Å²) in [5.41, 5.74) is 0. The van der Waals surface area contributed by atoms with Gasteiger partial charge in [-0.3, -0.25) is 0 Å². The van der Waals surface area contributed by atoms with Crippen molar-refractivity contribution < 1.29 is 166 Å². The van der Waals surface area contributed by atoms with E-state index >= 15 is 0 Å². The Bertz CT molecular complexity index is 33.2. The Morgan fingerprint density at radius 2 is 1.00 bits per heavy atom. The molecule has 0 nitrogen and oxygen atoms in total. The minimum Gasteiger partial charge on any atom is 0 e. The molecule has 0 aromatic rings. The molecule has 0 bridgehead atoms. The summed E-state index contributed by atoms with van der Waals surface area (Å²) in [5, 5.41) is 0. The van der Waals surface area contributed by atoms with Gasteiger partial charge in [0.15, 0.2) is 0 Å². The van der Waals surface area contributed by atoms with Gasteiger partial charge in [0.1, 0.15) is 0 Å². The average molecular weight is 1300 g/mol. The summed E-state index contributed by atoms with van der Waals surface area (Å²) in [6, 6.07) is 0. The van der Waals surface area contributed by atoms with Gasteiger partial charge in [-0.05, 0) is 0 Å². The van der Waals surface area contributed by atoms with Gasteiger partial charge in [-0.25, -0.2) is 0 Å². The third-order valence-corrected chi connectivity index (χ3v) is 0. The van der Waals surface area contributed by atoms with Crippen molar-refractivity contribution in [2.24, 2.45) is 0 Å². The van der Waals surface area contributed by atoms with E-state index in [0.29, 0.717) is 0 Å². The van der Waals surface area contributed by atoms with Crippen LogP contribution in [0.5, 0.6) is 0 Å². The fourth-order valence-corrected chi connectivity index (χ4v) is 0. The van der Waals surface area contributed by atoms with Crippen LogP contribution in [0.3, 0.4) is 0 Å². The molecule has 0 unspecified atom stereocenters. The quantitative estimate of drug-likeness (QED) is 0.280. The van der Waals surface area contributed by atoms with Crippen LogP contribution in [-0.2, 0) is 166 Å². The van der Waals surface area contributed by atoms with Crippen LogP contribution in [0.1, 0.15) is 0 Å². The normalized spacial score (nSPS) is 0. The first-order valence-corrected chi connectivity index (χ1v) is 0. The molecule has 6 radical (unpaired) electrons. The predicted molar refractivity (Wildman–Crippen MR) is 11.5 cm³/mol. The van der Waals surface area contributed by atoms with Crippen LogP contribution in [0, 0.1) is 0 Å². The molecule has 0 aliphatic rings. The molecule has 0 saturated carbocycles. The molecule has 0 saturated heterocycles. The SMILES string of the molecule is [Ag].[Hg].[Mn].[Mo].[Ni].[Os].[Pd].[Po].[Pt].[Se]. The molecule has 0 rings (SSSR count). The third kappa shape index (κ3) is 61.1. The zero-order valence-corrected chi connectivity index (χ0v) is 26.3. The number of hydrogen-bond donors (Lipinski definition) is 0. The largest absolute Gasteiger partial charge is 0 e. The van der Waals surface area contributed by atoms with Gasteiger partial charge in [0, 0.05) is 210 Å². The summed E-state index contributed by atoms with van der Waals surface area (Å²) in [6.07, 6.45) is 0. The van der Waals surface area contributed by atoms with Crippen LogP contribution >= 0.6 is 0 Å². The van der Waals surface area contributed by atoms with E-state index in [1.54, 1.807) is 0 Å². The van der Waals surface area contributed by atoms with Crippen LogP contribution in [0.4, 0.5) is 0 Å². The van der Waals surface area contributed by atoms with E-state index in [9.17, 15) is 0 Å². The van der Waals surface area contributed by atoms with Crippen LogP contribution < -0.4 is 0 Å². The minimum atomic E-state index is 0. The fourth-order valence-electron chi connectivity index (χ4n) is 0. The number of hydrogen-bond acceptors (Lipinski definition) is 0. The van der Waals surface area contributed by atoms with Gasteiger partial charge in [0.25, 0.3) is 0 Å². The van der Waals surface area contributed by atoms with Gasteiger partial charge in [-0.1, -0.05) is 0 Å². The molecule has 10 heteroatoms. The van der Waals surface area contributed by atoms with Gasteiger partial charge in [0.05, 0.1) is 0 Å². The van der Waals surface area contributed by atoms with E-state index in [2.05, 4.69) is 0 Å². The van der Waals surface area contributed by atoms with Gasteiger partial charge in [-0.2, -0.15) is 0 Å². The van der Waals surface area contributed by atoms with Crippen LogP contribution in [0.15, 0.2) is 0 Å². The molecule has 0 atom stereocenters. The maximum atomic E-state index is 0. The summed E-state index contributed by atoms with van der Waals surface area (Å²) in [5.74, 6) is 0. The molecule has 0 heterocycles. The second-order valence-electron chi connectivity index (χ2n) is 0. The molecule has 76 valence electrons. The van der Waals surface area contributed by atoms with Crippen molar-refractivity contribution in [3.05, 3.63) is 0 Å². The first-order chi connectivity index (χ1) is 0. The van der Waals surface area contributed by atoms with E-state index in [0.717, 1.165) is 0 Å². The predicted octanol–water partition coefficient (Wildman–Crippen LogP) is -0.782. The minimum absolute atomic E-state index is 0. The van der Waals surface area contributed by atoms with Crippen molar-refractivity contribution in [1.82, 2.24) is 0 Å². The Morgan fingerprint density at radius 1 is 1.00 bits per heavy atom. The van der Waals surface area contributed by atoms with E-state index < -0.39 is 0 Å². The summed E-state index contributed by atoms with van der Waals surface area (Å²) in [6.45, 7) is 0. The van der Waals surface area contributed by atoms with Crippen LogP contribution in [0.25, 0.3) is 0 Å². The standard InChI is InChI=1S/Ag.Hg.Mn.Mo.Ni.Os.Pd.Po.Pt.Se. The van der Waals surface area contributed by atoms with Gasteiger partial charge in [-0.15, -0.1) is 0 Å². The molecule has 0 amide bonds. The fraction of sp³-hybridized carbons (Fsp3) is 0. The number of rotatable bonds is 0. The molecule has 0 N–H and O–H groups in total. The molecule has 0 aliphatic heterocycles. The molecule has 10 heavy (non-hydrogen) atoms. The first kappa shape index (κ1) is 90.9. The van der Waals surface area contributed by atoms with Crippen molar-refractivity contribution in [1.29, 1.82) is 0 Å². The maximum Gasteiger partial charge on any atom is 0 e. The maximum absolute atomic E-state index is 0. The zero-order valence-electron chi connectivity index (χ0n) is 3.91. The molecule has 0 aromatic carbocycles. The van der Waals surface area contributed by atoms with Gasteiger partial charge >= 0.3 is 0 Å². The third-order valence-electron chi connectivity index (χ3n) is 0. The summed E-state index contributed by atoms with van der Waals surface area (Å²) >= 11 is 0. The molecular formula is AgHgMnMoNiOsPdPoPtSe. The summed E-state index contributed by atoms with van der Waals surface area (Å²) < 4.78 is 0. The van der Waals surface area contributed by atoms with Crippen LogP contribution in [0.2, 0.25) is 0 Å². The van der Waals surface area contributed by atoms with Crippen LogP contribution in [-0.4, -0.2) is 43.6 Å². The Hall–Kier alpha value is 6.78. The molecule has 0 fully saturated rings. The van der Waals surface area contributed by atoms with Crippen molar-refractivity contribution in [2.45, 2.75) is 0 Å². The second kappa shape index (κ2) is 75.0. The van der Waals surface area contributed by atoms with Crippen molar-refractivity contribution in [2.75, 3.05) is 0 Å². The first-order valence-electron chi connectivity index (χ1n) is 0. The van der Waals surface area contributed by atoms with Gasteiger partial charge in [0.2, 0.25) is 0 Å². The summed E-state index contributed by atoms with van der Waals surface area (Å²) in [4.78, 5) is 0. The van der Waals surface area contributed by atoms with Crippen molar-refractivity contribution in [3.63, 3.8) is 0 Å². The second-order valence-corrected chi connectivity index (χ2v) is 0. The Kier molecular flexibility index (Phi) is 682. The Morgan fingerprint density at radius 3 is 1.00 bits per heavy atom. The van der Waals surface area contributed by atoms with Gasteiger partial charge < -0.3 is 0 Å². The topological polar surface area (TPSA) is 0 Å². The van der Waals surface area contributed by atoms with E-state index in [-0.39, 0.29) is 210 Å². The van der Waals surface area contributed by atoms with Crippen molar-refractivity contribution >= 4 is 43.6 Å². The summed E-state index contributed by atoms with van der Waals surface area (Å²) in [7, 11) is 0. The molecule has 0 aromatic heterocycles. The monoisotopic (exact) mass is 1300 g/mol. The van der Waals surface area contributed by atoms with E-state index in [1.807, 2.05) is 0 Å². The Labute approximate surface area is 204 Å². The molecule has 0 spiro atoms. The molecule has 0 aliphatic carbocycles. The average Bonchev–Trinajstić information content (AvgIpc) is 0. The van der Waals surface area contributed by atoms with E-state index in [1.165, 1.54) is 0 Å². The van der Waals surface area contributed by atoms with E-state index in [4.69, 9.17) is 0 Å². The van der Waals surface area contributed by atoms with Crippen molar-refractivity contribution in [3.8, 4) is 0 Å². The zero-order chi connectivity index (χ0) is 0.